The SMILES string of the molecule is CC(C)[C@H](C(=O)Nc1ccnc2ccncc12)N1C(=O)c2ccccc2C1=O. The Kier molecular flexibility index (Phi) is 4.35. The molecule has 1 N–H and O–H groups in total. The van der Waals surface area contributed by atoms with Crippen LogP contribution in [-0.4, -0.2) is 38.6 Å². The highest BCUT2D eigenvalue weighted by Crippen LogP contribution is 2.28. The van der Waals surface area contributed by atoms with E-state index in [1.165, 1.54) is 0 Å². The number of aromatic nitrogens is 2. The van der Waals surface area contributed by atoms with Crippen LogP contribution in [0.15, 0.2) is 55.0 Å². The molecule has 1 aliphatic rings. The van der Waals surface area contributed by atoms with Crippen LogP contribution in [0.1, 0.15) is 34.6 Å². The highest BCUT2D eigenvalue weighted by Gasteiger charge is 2.43. The number of carbonyl (C=O) groups excluding carboxylic acids is 3. The first kappa shape index (κ1) is 17.8. The van der Waals surface area contributed by atoms with Crippen LogP contribution in [0.25, 0.3) is 10.9 Å². The Bertz CT molecular complexity index is 1070. The maximum atomic E-state index is 13.1. The summed E-state index contributed by atoms with van der Waals surface area (Å²) in [6.07, 6.45) is 4.82. The lowest BCUT2D eigenvalue weighted by Crippen LogP contribution is -2.50. The number of nitrogens with zero attached hydrogens (tertiary/aromatic N) is 3. The van der Waals surface area contributed by atoms with Gasteiger partial charge in [-0.05, 0) is 30.2 Å². The highest BCUT2D eigenvalue weighted by atomic mass is 16.2. The van der Waals surface area contributed by atoms with Gasteiger partial charge >= 0.3 is 0 Å². The lowest BCUT2D eigenvalue weighted by Gasteiger charge is -2.28. The molecule has 0 bridgehead atoms. The van der Waals surface area contributed by atoms with Gasteiger partial charge in [-0.1, -0.05) is 26.0 Å². The van der Waals surface area contributed by atoms with E-state index in [1.54, 1.807) is 68.8 Å². The van der Waals surface area contributed by atoms with Crippen molar-refractivity contribution in [1.82, 2.24) is 14.9 Å². The number of amides is 3. The van der Waals surface area contributed by atoms with Gasteiger partial charge in [-0.2, -0.15) is 0 Å². The van der Waals surface area contributed by atoms with Crippen molar-refractivity contribution in [1.29, 1.82) is 0 Å². The van der Waals surface area contributed by atoms with Crippen LogP contribution in [0.2, 0.25) is 0 Å². The van der Waals surface area contributed by atoms with Crippen LogP contribution in [-0.2, 0) is 4.79 Å². The molecular weight excluding hydrogens is 356 g/mol. The van der Waals surface area contributed by atoms with Gasteiger partial charge in [-0.3, -0.25) is 29.3 Å². The van der Waals surface area contributed by atoms with Gasteiger partial charge in [0.1, 0.15) is 6.04 Å². The van der Waals surface area contributed by atoms with Crippen LogP contribution in [0, 0.1) is 5.92 Å². The number of rotatable bonds is 4. The summed E-state index contributed by atoms with van der Waals surface area (Å²) < 4.78 is 0. The zero-order valence-electron chi connectivity index (χ0n) is 15.4. The third kappa shape index (κ3) is 2.81. The third-order valence-electron chi connectivity index (χ3n) is 4.80. The van der Waals surface area contributed by atoms with Gasteiger partial charge in [0.25, 0.3) is 11.8 Å². The Labute approximate surface area is 161 Å². The van der Waals surface area contributed by atoms with Crippen molar-refractivity contribution in [3.63, 3.8) is 0 Å². The summed E-state index contributed by atoms with van der Waals surface area (Å²) in [7, 11) is 0. The fourth-order valence-corrected chi connectivity index (χ4v) is 3.48. The standard InChI is InChI=1S/C21H18N4O3/c1-12(2)18(25-20(27)13-5-3-4-6-14(13)21(25)28)19(26)24-17-8-10-23-16-7-9-22-11-15(16)17/h3-12,18H,1-2H3,(H,23,24,26)/t18-/m1/s1. The number of nitrogens with one attached hydrogen (secondary N) is 1. The van der Waals surface area contributed by atoms with Crippen molar-refractivity contribution >= 4 is 34.3 Å². The Morgan fingerprint density at radius 2 is 1.68 bits per heavy atom. The van der Waals surface area contributed by atoms with Gasteiger partial charge in [-0.25, -0.2) is 0 Å². The smallest absolute Gasteiger partial charge is 0.262 e. The zero-order chi connectivity index (χ0) is 19.8. The largest absolute Gasteiger partial charge is 0.324 e. The molecule has 0 radical (unpaired) electrons. The number of fused-ring (bicyclic) bond motifs is 2. The quantitative estimate of drug-likeness (QED) is 0.709. The molecule has 28 heavy (non-hydrogen) atoms. The predicted octanol–water partition coefficient (Wildman–Crippen LogP) is 2.89. The maximum Gasteiger partial charge on any atom is 0.262 e. The first-order valence-corrected chi connectivity index (χ1v) is 8.95. The number of carbonyl (C=O) groups is 3. The molecule has 0 saturated heterocycles. The van der Waals surface area contributed by atoms with E-state index < -0.39 is 23.8 Å². The minimum absolute atomic E-state index is 0.270. The molecule has 1 aliphatic heterocycles. The maximum absolute atomic E-state index is 13.1. The first-order chi connectivity index (χ1) is 13.5. The molecular formula is C21H18N4O3. The van der Waals surface area contributed by atoms with E-state index in [4.69, 9.17) is 0 Å². The van der Waals surface area contributed by atoms with Crippen LogP contribution in [0.3, 0.4) is 0 Å². The molecule has 0 saturated carbocycles. The van der Waals surface area contributed by atoms with Crippen LogP contribution in [0.5, 0.6) is 0 Å². The topological polar surface area (TPSA) is 92.3 Å². The summed E-state index contributed by atoms with van der Waals surface area (Å²) in [6.45, 7) is 3.61. The second kappa shape index (κ2) is 6.84. The van der Waals surface area contributed by atoms with Crippen LogP contribution < -0.4 is 5.32 Å². The van der Waals surface area contributed by atoms with Gasteiger partial charge in [-0.15, -0.1) is 0 Å². The van der Waals surface area contributed by atoms with Gasteiger partial charge < -0.3 is 5.32 Å². The molecule has 140 valence electrons. The molecule has 3 amide bonds. The highest BCUT2D eigenvalue weighted by molar-refractivity contribution is 6.23. The van der Waals surface area contributed by atoms with Crippen molar-refractivity contribution in [2.24, 2.45) is 5.92 Å². The Hall–Kier alpha value is -3.61. The molecule has 3 heterocycles. The fourth-order valence-electron chi connectivity index (χ4n) is 3.48. The van der Waals surface area contributed by atoms with E-state index in [9.17, 15) is 14.4 Å². The molecule has 2 aromatic heterocycles. The number of pyridine rings is 2. The Morgan fingerprint density at radius 3 is 2.32 bits per heavy atom. The average molecular weight is 374 g/mol. The number of benzene rings is 1. The van der Waals surface area contributed by atoms with E-state index >= 15 is 0 Å². The molecule has 0 fully saturated rings. The van der Waals surface area contributed by atoms with Crippen molar-refractivity contribution in [2.45, 2.75) is 19.9 Å². The summed E-state index contributed by atoms with van der Waals surface area (Å²) >= 11 is 0. The summed E-state index contributed by atoms with van der Waals surface area (Å²) in [6, 6.07) is 9.09. The van der Waals surface area contributed by atoms with Gasteiger partial charge in [0.15, 0.2) is 0 Å². The summed E-state index contributed by atoms with van der Waals surface area (Å²) in [4.78, 5) is 48.2. The lowest BCUT2D eigenvalue weighted by molar-refractivity contribution is -0.121. The number of anilines is 1. The molecule has 7 nitrogen and oxygen atoms in total. The van der Waals surface area contributed by atoms with Gasteiger partial charge in [0.05, 0.1) is 22.3 Å². The summed E-state index contributed by atoms with van der Waals surface area (Å²) in [5.74, 6) is -1.60. The van der Waals surface area contributed by atoms with Gasteiger partial charge in [0, 0.05) is 24.0 Å². The molecule has 0 spiro atoms. The predicted molar refractivity (Wildman–Crippen MR) is 104 cm³/mol. The van der Waals surface area contributed by atoms with E-state index in [-0.39, 0.29) is 5.92 Å². The molecule has 1 atom stereocenters. The molecule has 0 aliphatic carbocycles. The second-order valence-corrected chi connectivity index (χ2v) is 6.96. The van der Waals surface area contributed by atoms with Crippen LogP contribution in [0.4, 0.5) is 5.69 Å². The second-order valence-electron chi connectivity index (χ2n) is 6.96. The molecule has 7 heteroatoms. The van der Waals surface area contributed by atoms with Crippen molar-refractivity contribution < 1.29 is 14.4 Å². The lowest BCUT2D eigenvalue weighted by atomic mass is 10.0. The Morgan fingerprint density at radius 1 is 1.00 bits per heavy atom. The fraction of sp³-hybridized carbons (Fsp3) is 0.190. The van der Waals surface area contributed by atoms with Crippen molar-refractivity contribution in [3.05, 3.63) is 66.1 Å². The van der Waals surface area contributed by atoms with Crippen molar-refractivity contribution in [3.8, 4) is 0 Å². The number of hydrogen-bond donors (Lipinski definition) is 1. The summed E-state index contributed by atoms with van der Waals surface area (Å²) in [5, 5.41) is 3.53. The molecule has 1 aromatic carbocycles. The minimum Gasteiger partial charge on any atom is -0.324 e. The molecule has 0 unspecified atom stereocenters. The first-order valence-electron chi connectivity index (χ1n) is 8.95. The third-order valence-corrected chi connectivity index (χ3v) is 4.80. The van der Waals surface area contributed by atoms with E-state index in [0.717, 1.165) is 4.90 Å². The number of hydrogen-bond acceptors (Lipinski definition) is 5. The van der Waals surface area contributed by atoms with E-state index in [2.05, 4.69) is 15.3 Å². The van der Waals surface area contributed by atoms with Crippen LogP contribution >= 0.6 is 0 Å². The monoisotopic (exact) mass is 374 g/mol. The average Bonchev–Trinajstić information content (AvgIpc) is 2.94. The minimum atomic E-state index is -0.938. The number of imide groups is 1. The van der Waals surface area contributed by atoms with Gasteiger partial charge in [0.2, 0.25) is 5.91 Å². The summed E-state index contributed by atoms with van der Waals surface area (Å²) in [5.41, 5.74) is 1.87. The van der Waals surface area contributed by atoms with E-state index in [0.29, 0.717) is 27.7 Å². The zero-order valence-corrected chi connectivity index (χ0v) is 15.4. The Balaban J connectivity index is 1.68. The molecule has 4 rings (SSSR count). The molecule has 3 aromatic rings. The van der Waals surface area contributed by atoms with Crippen molar-refractivity contribution in [2.75, 3.05) is 5.32 Å². The van der Waals surface area contributed by atoms with E-state index in [1.807, 2.05) is 0 Å². The normalized spacial score (nSPS) is 14.5.